The first-order valence-electron chi connectivity index (χ1n) is 7.49. The first kappa shape index (κ1) is 16.5. The zero-order chi connectivity index (χ0) is 17.3. The SMILES string of the molecule is Cn1c(=O)c2c(ncn2CCCSc2ccccc2F)n(C)c1=O. The number of aromatic nitrogens is 4. The summed E-state index contributed by atoms with van der Waals surface area (Å²) in [6.07, 6.45) is 2.32. The summed E-state index contributed by atoms with van der Waals surface area (Å²) in [6.45, 7) is 0.575. The maximum Gasteiger partial charge on any atom is 0.332 e. The van der Waals surface area contributed by atoms with E-state index in [1.807, 2.05) is 0 Å². The van der Waals surface area contributed by atoms with Gasteiger partial charge in [-0.25, -0.2) is 14.2 Å². The summed E-state index contributed by atoms with van der Waals surface area (Å²) in [5, 5.41) is 0. The van der Waals surface area contributed by atoms with Crippen molar-refractivity contribution in [3.8, 4) is 0 Å². The Labute approximate surface area is 141 Å². The highest BCUT2D eigenvalue weighted by Crippen LogP contribution is 2.22. The van der Waals surface area contributed by atoms with Gasteiger partial charge in [-0.15, -0.1) is 11.8 Å². The van der Waals surface area contributed by atoms with Crippen LogP contribution in [-0.4, -0.2) is 24.4 Å². The molecule has 0 fully saturated rings. The van der Waals surface area contributed by atoms with Crippen LogP contribution in [0.5, 0.6) is 0 Å². The van der Waals surface area contributed by atoms with Gasteiger partial charge in [-0.05, 0) is 24.3 Å². The number of hydrogen-bond donors (Lipinski definition) is 0. The van der Waals surface area contributed by atoms with Crippen LogP contribution in [0.25, 0.3) is 11.2 Å². The largest absolute Gasteiger partial charge is 0.332 e. The van der Waals surface area contributed by atoms with Crippen LogP contribution in [0.15, 0.2) is 45.1 Å². The molecule has 24 heavy (non-hydrogen) atoms. The molecule has 0 atom stereocenters. The van der Waals surface area contributed by atoms with Crippen molar-refractivity contribution in [2.75, 3.05) is 5.75 Å². The molecule has 0 bridgehead atoms. The van der Waals surface area contributed by atoms with Crippen molar-refractivity contribution < 1.29 is 4.39 Å². The van der Waals surface area contributed by atoms with Crippen LogP contribution in [0.1, 0.15) is 6.42 Å². The smallest absolute Gasteiger partial charge is 0.325 e. The molecule has 0 radical (unpaired) electrons. The number of thioether (sulfide) groups is 1. The summed E-state index contributed by atoms with van der Waals surface area (Å²) in [5.74, 6) is 0.492. The summed E-state index contributed by atoms with van der Waals surface area (Å²) < 4.78 is 17.8. The molecule has 0 amide bonds. The average Bonchev–Trinajstić information content (AvgIpc) is 3.00. The fraction of sp³-hybridized carbons (Fsp3) is 0.312. The van der Waals surface area contributed by atoms with Crippen molar-refractivity contribution in [3.63, 3.8) is 0 Å². The van der Waals surface area contributed by atoms with Crippen molar-refractivity contribution >= 4 is 22.9 Å². The van der Waals surface area contributed by atoms with Gasteiger partial charge in [0.2, 0.25) is 0 Å². The molecule has 3 aromatic rings. The molecule has 2 heterocycles. The molecule has 0 saturated carbocycles. The highest BCUT2D eigenvalue weighted by atomic mass is 32.2. The topological polar surface area (TPSA) is 61.8 Å². The lowest BCUT2D eigenvalue weighted by molar-refractivity contribution is 0.601. The number of hydrogen-bond acceptors (Lipinski definition) is 4. The van der Waals surface area contributed by atoms with E-state index >= 15 is 0 Å². The standard InChI is InChI=1S/C16H17FN4O2S/c1-19-14-13(15(22)20(2)16(19)23)21(10-18-14)8-5-9-24-12-7-4-3-6-11(12)17/h3-4,6-7,10H,5,8-9H2,1-2H3. The van der Waals surface area contributed by atoms with Gasteiger partial charge in [0.15, 0.2) is 11.2 Å². The van der Waals surface area contributed by atoms with Gasteiger partial charge in [0.05, 0.1) is 6.33 Å². The molecule has 0 aliphatic rings. The van der Waals surface area contributed by atoms with Crippen molar-refractivity contribution in [3.05, 3.63) is 57.2 Å². The van der Waals surface area contributed by atoms with E-state index in [4.69, 9.17) is 0 Å². The Balaban J connectivity index is 1.76. The maximum atomic E-state index is 13.6. The van der Waals surface area contributed by atoms with Gasteiger partial charge in [0.25, 0.3) is 5.56 Å². The van der Waals surface area contributed by atoms with E-state index in [9.17, 15) is 14.0 Å². The van der Waals surface area contributed by atoms with Crippen LogP contribution in [0.3, 0.4) is 0 Å². The van der Waals surface area contributed by atoms with Gasteiger partial charge in [-0.1, -0.05) is 12.1 Å². The van der Waals surface area contributed by atoms with Crippen LogP contribution < -0.4 is 11.2 Å². The van der Waals surface area contributed by atoms with Crippen LogP contribution in [0, 0.1) is 5.82 Å². The quantitative estimate of drug-likeness (QED) is 0.521. The lowest BCUT2D eigenvalue weighted by Gasteiger charge is -2.07. The molecule has 6 nitrogen and oxygen atoms in total. The zero-order valence-corrected chi connectivity index (χ0v) is 14.2. The highest BCUT2D eigenvalue weighted by molar-refractivity contribution is 7.99. The minimum Gasteiger partial charge on any atom is -0.325 e. The van der Waals surface area contributed by atoms with Gasteiger partial charge in [-0.3, -0.25) is 13.9 Å². The summed E-state index contributed by atoms with van der Waals surface area (Å²) >= 11 is 1.44. The molecular formula is C16H17FN4O2S. The van der Waals surface area contributed by atoms with E-state index in [-0.39, 0.29) is 11.4 Å². The summed E-state index contributed by atoms with van der Waals surface area (Å²) in [4.78, 5) is 29.0. The van der Waals surface area contributed by atoms with E-state index in [0.717, 1.165) is 11.0 Å². The predicted octanol–water partition coefficient (Wildman–Crippen LogP) is 1.76. The Bertz CT molecular complexity index is 1010. The Hall–Kier alpha value is -2.35. The molecule has 0 aliphatic heterocycles. The molecule has 0 N–H and O–H groups in total. The first-order valence-corrected chi connectivity index (χ1v) is 8.47. The van der Waals surface area contributed by atoms with Crippen molar-refractivity contribution in [2.24, 2.45) is 14.1 Å². The van der Waals surface area contributed by atoms with E-state index in [2.05, 4.69) is 4.98 Å². The fourth-order valence-corrected chi connectivity index (χ4v) is 3.42. The highest BCUT2D eigenvalue weighted by Gasteiger charge is 2.13. The Morgan fingerprint density at radius 3 is 2.67 bits per heavy atom. The van der Waals surface area contributed by atoms with Gasteiger partial charge in [0.1, 0.15) is 5.82 Å². The molecule has 8 heteroatoms. The zero-order valence-electron chi connectivity index (χ0n) is 13.4. The number of benzene rings is 1. The minimum atomic E-state index is -0.396. The number of fused-ring (bicyclic) bond motifs is 1. The monoisotopic (exact) mass is 348 g/mol. The molecule has 2 aromatic heterocycles. The van der Waals surface area contributed by atoms with Crippen LogP contribution >= 0.6 is 11.8 Å². The number of nitrogens with zero attached hydrogens (tertiary/aromatic N) is 4. The predicted molar refractivity (Wildman–Crippen MR) is 92.0 cm³/mol. The number of imidazole rings is 1. The minimum absolute atomic E-state index is 0.223. The van der Waals surface area contributed by atoms with Gasteiger partial charge >= 0.3 is 5.69 Å². The third-order valence-electron chi connectivity index (χ3n) is 3.85. The van der Waals surface area contributed by atoms with E-state index in [1.54, 1.807) is 36.1 Å². The van der Waals surface area contributed by atoms with Crippen molar-refractivity contribution in [1.29, 1.82) is 0 Å². The maximum absolute atomic E-state index is 13.6. The molecule has 1 aromatic carbocycles. The number of rotatable bonds is 5. The molecular weight excluding hydrogens is 331 g/mol. The van der Waals surface area contributed by atoms with E-state index in [1.165, 1.54) is 29.4 Å². The third kappa shape index (κ3) is 2.89. The Morgan fingerprint density at radius 2 is 1.92 bits per heavy atom. The summed E-state index contributed by atoms with van der Waals surface area (Å²) in [6, 6.07) is 6.66. The Morgan fingerprint density at radius 1 is 1.17 bits per heavy atom. The normalized spacial score (nSPS) is 11.3. The molecule has 0 unspecified atom stereocenters. The van der Waals surface area contributed by atoms with Gasteiger partial charge < -0.3 is 4.57 Å². The average molecular weight is 348 g/mol. The van der Waals surface area contributed by atoms with Crippen molar-refractivity contribution in [1.82, 2.24) is 18.7 Å². The van der Waals surface area contributed by atoms with Crippen molar-refractivity contribution in [2.45, 2.75) is 17.9 Å². The molecule has 0 spiro atoms. The summed E-state index contributed by atoms with van der Waals surface area (Å²) in [5.41, 5.74) is 0.0422. The second-order valence-corrected chi connectivity index (χ2v) is 6.59. The van der Waals surface area contributed by atoms with Crippen LogP contribution in [0.4, 0.5) is 4.39 Å². The second kappa shape index (κ2) is 6.64. The van der Waals surface area contributed by atoms with Gasteiger partial charge in [-0.2, -0.15) is 0 Å². The lowest BCUT2D eigenvalue weighted by Crippen LogP contribution is -2.37. The van der Waals surface area contributed by atoms with E-state index < -0.39 is 5.69 Å². The fourth-order valence-electron chi connectivity index (χ4n) is 2.55. The first-order chi connectivity index (χ1) is 11.5. The van der Waals surface area contributed by atoms with Crippen LogP contribution in [0.2, 0.25) is 0 Å². The molecule has 0 aliphatic carbocycles. The lowest BCUT2D eigenvalue weighted by atomic mass is 10.3. The number of halogens is 1. The molecule has 0 saturated heterocycles. The van der Waals surface area contributed by atoms with E-state index in [0.29, 0.717) is 28.4 Å². The summed E-state index contributed by atoms with van der Waals surface area (Å²) in [7, 11) is 3.05. The van der Waals surface area contributed by atoms with Crippen LogP contribution in [-0.2, 0) is 20.6 Å². The van der Waals surface area contributed by atoms with Gasteiger partial charge in [0, 0.05) is 25.5 Å². The molecule has 3 rings (SSSR count). The number of aryl methyl sites for hydroxylation is 2. The third-order valence-corrected chi connectivity index (χ3v) is 4.99. The Kier molecular flexibility index (Phi) is 4.57. The second-order valence-electron chi connectivity index (χ2n) is 5.45. The molecule has 126 valence electrons.